The van der Waals surface area contributed by atoms with Crippen LogP contribution in [0.4, 0.5) is 10.5 Å². The molecule has 1 aromatic carbocycles. The number of carboxylic acid groups (broad SMARTS) is 1. The van der Waals surface area contributed by atoms with Gasteiger partial charge in [0.05, 0.1) is 0 Å². The van der Waals surface area contributed by atoms with Gasteiger partial charge >= 0.3 is 12.0 Å². The number of nitrogens with one attached hydrogen (secondary N) is 2. The Morgan fingerprint density at radius 2 is 1.84 bits per heavy atom. The van der Waals surface area contributed by atoms with Gasteiger partial charge in [-0.2, -0.15) is 0 Å². The standard InChI is InChI=1S/C13H17BrN2O3/c1-8(2)7-11(12(17)18)16-13(19)15-10-5-3-9(14)4-6-10/h3-6,8,11H,7H2,1-2H3,(H,17,18)(H2,15,16,19)/t11-/m1/s1. The number of rotatable bonds is 5. The van der Waals surface area contributed by atoms with Crippen molar-refractivity contribution >= 4 is 33.6 Å². The first kappa shape index (κ1) is 15.5. The molecule has 2 amide bonds. The molecule has 0 saturated carbocycles. The van der Waals surface area contributed by atoms with E-state index in [-0.39, 0.29) is 5.92 Å². The maximum absolute atomic E-state index is 11.7. The summed E-state index contributed by atoms with van der Waals surface area (Å²) in [4.78, 5) is 22.7. The summed E-state index contributed by atoms with van der Waals surface area (Å²) in [7, 11) is 0. The molecular weight excluding hydrogens is 312 g/mol. The topological polar surface area (TPSA) is 78.4 Å². The largest absolute Gasteiger partial charge is 0.480 e. The quantitative estimate of drug-likeness (QED) is 0.777. The minimum atomic E-state index is -1.03. The SMILES string of the molecule is CC(C)C[C@@H](NC(=O)Nc1ccc(Br)cc1)C(=O)O. The van der Waals surface area contributed by atoms with Crippen molar-refractivity contribution in [2.24, 2.45) is 5.92 Å². The Morgan fingerprint density at radius 1 is 1.26 bits per heavy atom. The first-order valence-corrected chi connectivity index (χ1v) is 6.73. The predicted octanol–water partition coefficient (Wildman–Crippen LogP) is 3.07. The molecule has 0 bridgehead atoms. The zero-order valence-corrected chi connectivity index (χ0v) is 12.4. The monoisotopic (exact) mass is 328 g/mol. The van der Waals surface area contributed by atoms with Gasteiger partial charge in [0.25, 0.3) is 0 Å². The molecule has 0 aliphatic carbocycles. The van der Waals surface area contributed by atoms with Crippen LogP contribution in [0.25, 0.3) is 0 Å². The lowest BCUT2D eigenvalue weighted by atomic mass is 10.0. The molecule has 104 valence electrons. The number of carboxylic acids is 1. The van der Waals surface area contributed by atoms with Gasteiger partial charge in [-0.1, -0.05) is 29.8 Å². The average molecular weight is 329 g/mol. The molecule has 0 radical (unpaired) electrons. The third-order valence-electron chi connectivity index (χ3n) is 2.41. The molecular formula is C13H17BrN2O3. The molecule has 3 N–H and O–H groups in total. The summed E-state index contributed by atoms with van der Waals surface area (Å²) in [6.07, 6.45) is 0.392. The number of amides is 2. The van der Waals surface area contributed by atoms with E-state index in [1.54, 1.807) is 24.3 Å². The van der Waals surface area contributed by atoms with Crippen LogP contribution in [0, 0.1) is 5.92 Å². The third-order valence-corrected chi connectivity index (χ3v) is 2.94. The van der Waals surface area contributed by atoms with Crippen molar-refractivity contribution in [2.45, 2.75) is 26.3 Å². The molecule has 1 atom stereocenters. The number of hydrogen-bond acceptors (Lipinski definition) is 2. The number of benzene rings is 1. The Bertz CT molecular complexity index is 446. The van der Waals surface area contributed by atoms with Crippen molar-refractivity contribution in [3.05, 3.63) is 28.7 Å². The highest BCUT2D eigenvalue weighted by Crippen LogP contribution is 2.14. The molecule has 5 nitrogen and oxygen atoms in total. The lowest BCUT2D eigenvalue weighted by Crippen LogP contribution is -2.43. The molecule has 1 rings (SSSR count). The van der Waals surface area contributed by atoms with Gasteiger partial charge in [0.2, 0.25) is 0 Å². The fraction of sp³-hybridized carbons (Fsp3) is 0.385. The van der Waals surface area contributed by atoms with E-state index < -0.39 is 18.0 Å². The summed E-state index contributed by atoms with van der Waals surface area (Å²) in [5, 5.41) is 14.1. The van der Waals surface area contributed by atoms with Crippen molar-refractivity contribution in [1.29, 1.82) is 0 Å². The number of halogens is 1. The smallest absolute Gasteiger partial charge is 0.326 e. The summed E-state index contributed by atoms with van der Waals surface area (Å²) < 4.78 is 0.904. The van der Waals surface area contributed by atoms with Crippen molar-refractivity contribution in [3.63, 3.8) is 0 Å². The van der Waals surface area contributed by atoms with Crippen LogP contribution in [0.15, 0.2) is 28.7 Å². The van der Waals surface area contributed by atoms with E-state index >= 15 is 0 Å². The minimum absolute atomic E-state index is 0.189. The summed E-state index contributed by atoms with van der Waals surface area (Å²) in [6, 6.07) is 5.63. The average Bonchev–Trinajstić information content (AvgIpc) is 2.30. The fourth-order valence-electron chi connectivity index (χ4n) is 1.55. The van der Waals surface area contributed by atoms with Crippen molar-refractivity contribution in [3.8, 4) is 0 Å². The summed E-state index contributed by atoms with van der Waals surface area (Å²) in [5.41, 5.74) is 0.606. The van der Waals surface area contributed by atoms with Gasteiger partial charge in [-0.25, -0.2) is 9.59 Å². The van der Waals surface area contributed by atoms with Gasteiger partial charge in [0, 0.05) is 10.2 Å². The highest BCUT2D eigenvalue weighted by atomic mass is 79.9. The Labute approximate surface area is 120 Å². The summed E-state index contributed by atoms with van der Waals surface area (Å²) in [5.74, 6) is -0.839. The molecule has 0 fully saturated rings. The van der Waals surface area contributed by atoms with Crippen LogP contribution in [0.2, 0.25) is 0 Å². The van der Waals surface area contributed by atoms with Gasteiger partial charge in [-0.05, 0) is 36.6 Å². The normalized spacial score (nSPS) is 12.0. The van der Waals surface area contributed by atoms with Crippen LogP contribution in [0.3, 0.4) is 0 Å². The molecule has 0 heterocycles. The molecule has 6 heteroatoms. The van der Waals surface area contributed by atoms with Gasteiger partial charge in [-0.15, -0.1) is 0 Å². The van der Waals surface area contributed by atoms with E-state index in [1.807, 2.05) is 13.8 Å². The summed E-state index contributed by atoms with van der Waals surface area (Å²) in [6.45, 7) is 3.81. The summed E-state index contributed by atoms with van der Waals surface area (Å²) >= 11 is 3.29. The van der Waals surface area contributed by atoms with Crippen LogP contribution in [0.1, 0.15) is 20.3 Å². The zero-order valence-electron chi connectivity index (χ0n) is 10.8. The lowest BCUT2D eigenvalue weighted by molar-refractivity contribution is -0.139. The Morgan fingerprint density at radius 3 is 2.32 bits per heavy atom. The van der Waals surface area contributed by atoms with E-state index in [2.05, 4.69) is 26.6 Å². The molecule has 0 aromatic heterocycles. The molecule has 0 saturated heterocycles. The second-order valence-corrected chi connectivity index (χ2v) is 5.54. The molecule has 0 unspecified atom stereocenters. The first-order valence-electron chi connectivity index (χ1n) is 5.94. The number of hydrogen-bond donors (Lipinski definition) is 3. The number of urea groups is 1. The molecule has 19 heavy (non-hydrogen) atoms. The molecule has 0 aliphatic rings. The van der Waals surface area contributed by atoms with Crippen LogP contribution in [-0.4, -0.2) is 23.1 Å². The van der Waals surface area contributed by atoms with Crippen LogP contribution >= 0.6 is 15.9 Å². The minimum Gasteiger partial charge on any atom is -0.480 e. The number of carbonyl (C=O) groups is 2. The van der Waals surface area contributed by atoms with Gasteiger partial charge in [0.15, 0.2) is 0 Å². The Hall–Kier alpha value is -1.56. The molecule has 1 aromatic rings. The second-order valence-electron chi connectivity index (χ2n) is 4.63. The van der Waals surface area contributed by atoms with E-state index in [0.717, 1.165) is 4.47 Å². The third kappa shape index (κ3) is 5.74. The second kappa shape index (κ2) is 7.13. The van der Waals surface area contributed by atoms with Crippen LogP contribution in [0.5, 0.6) is 0 Å². The Kier molecular flexibility index (Phi) is 5.82. The fourth-order valence-corrected chi connectivity index (χ4v) is 1.82. The van der Waals surface area contributed by atoms with Gasteiger partial charge in [0.1, 0.15) is 6.04 Å². The van der Waals surface area contributed by atoms with Crippen molar-refractivity contribution in [2.75, 3.05) is 5.32 Å². The van der Waals surface area contributed by atoms with Gasteiger partial charge in [-0.3, -0.25) is 0 Å². The van der Waals surface area contributed by atoms with Gasteiger partial charge < -0.3 is 15.7 Å². The number of carbonyl (C=O) groups excluding carboxylic acids is 1. The predicted molar refractivity (Wildman–Crippen MR) is 77.2 cm³/mol. The Balaban J connectivity index is 2.57. The van der Waals surface area contributed by atoms with E-state index in [9.17, 15) is 9.59 Å². The highest BCUT2D eigenvalue weighted by molar-refractivity contribution is 9.10. The van der Waals surface area contributed by atoms with E-state index in [1.165, 1.54) is 0 Å². The maximum atomic E-state index is 11.7. The van der Waals surface area contributed by atoms with Crippen LogP contribution in [-0.2, 0) is 4.79 Å². The molecule has 0 aliphatic heterocycles. The highest BCUT2D eigenvalue weighted by Gasteiger charge is 2.20. The maximum Gasteiger partial charge on any atom is 0.326 e. The van der Waals surface area contributed by atoms with Crippen LogP contribution < -0.4 is 10.6 Å². The van der Waals surface area contributed by atoms with E-state index in [0.29, 0.717) is 12.1 Å². The van der Waals surface area contributed by atoms with Crippen molar-refractivity contribution < 1.29 is 14.7 Å². The van der Waals surface area contributed by atoms with E-state index in [4.69, 9.17) is 5.11 Å². The number of aliphatic carboxylic acids is 1. The van der Waals surface area contributed by atoms with Crippen molar-refractivity contribution in [1.82, 2.24) is 5.32 Å². The first-order chi connectivity index (χ1) is 8.88. The number of anilines is 1. The zero-order chi connectivity index (χ0) is 14.4. The molecule has 0 spiro atoms. The lowest BCUT2D eigenvalue weighted by Gasteiger charge is -2.16.